The van der Waals surface area contributed by atoms with Crippen LogP contribution in [-0.2, 0) is 13.0 Å². The Balaban J connectivity index is 0.00000208. The number of guanidine groups is 1. The van der Waals surface area contributed by atoms with Crippen molar-refractivity contribution in [2.24, 2.45) is 4.99 Å². The summed E-state index contributed by atoms with van der Waals surface area (Å²) in [4.78, 5) is 7.73. The Morgan fingerprint density at radius 2 is 2.04 bits per heavy atom. The minimum atomic E-state index is 0. The minimum Gasteiger partial charge on any atom is -0.358 e. The molecule has 24 heavy (non-hydrogen) atoms. The quantitative estimate of drug-likeness (QED) is 0.310. The highest BCUT2D eigenvalue weighted by Crippen LogP contribution is 2.21. The summed E-state index contributed by atoms with van der Waals surface area (Å²) >= 11 is 1.71. The Kier molecular flexibility index (Phi) is 7.11. The zero-order valence-electron chi connectivity index (χ0n) is 13.9. The molecule has 0 amide bonds. The fourth-order valence-corrected chi connectivity index (χ4v) is 3.43. The van der Waals surface area contributed by atoms with E-state index >= 15 is 0 Å². The monoisotopic (exact) mass is 454 g/mol. The van der Waals surface area contributed by atoms with Crippen molar-refractivity contribution in [3.05, 3.63) is 57.9 Å². The first-order chi connectivity index (χ1) is 11.3. The van der Waals surface area contributed by atoms with Crippen LogP contribution in [0.25, 0.3) is 10.9 Å². The molecule has 0 aliphatic heterocycles. The van der Waals surface area contributed by atoms with Gasteiger partial charge in [-0.1, -0.05) is 18.2 Å². The summed E-state index contributed by atoms with van der Waals surface area (Å²) in [6.07, 6.45) is 0.967. The first kappa shape index (κ1) is 18.8. The molecule has 0 atom stereocenters. The second kappa shape index (κ2) is 9.08. The zero-order chi connectivity index (χ0) is 16.1. The van der Waals surface area contributed by atoms with E-state index in [0.717, 1.165) is 25.5 Å². The summed E-state index contributed by atoms with van der Waals surface area (Å²) in [6, 6.07) is 10.6. The van der Waals surface area contributed by atoms with E-state index in [1.807, 2.05) is 0 Å². The van der Waals surface area contributed by atoms with Crippen LogP contribution in [0.3, 0.4) is 0 Å². The number of rotatable bonds is 5. The topological polar surface area (TPSA) is 52.2 Å². The van der Waals surface area contributed by atoms with Crippen LogP contribution in [0.5, 0.6) is 0 Å². The summed E-state index contributed by atoms with van der Waals surface area (Å²) in [5, 5.41) is 12.3. The van der Waals surface area contributed by atoms with Gasteiger partial charge in [0.05, 0.1) is 0 Å². The SMILES string of the molecule is CN=C(NCCc1c(C)[nH]c2ccccc12)NCc1ccsc1.I. The van der Waals surface area contributed by atoms with Gasteiger partial charge >= 0.3 is 0 Å². The van der Waals surface area contributed by atoms with Gasteiger partial charge in [-0.3, -0.25) is 4.99 Å². The molecule has 2 aromatic heterocycles. The molecule has 0 aliphatic carbocycles. The van der Waals surface area contributed by atoms with Crippen molar-refractivity contribution < 1.29 is 0 Å². The molecule has 3 rings (SSSR count). The molecule has 0 bridgehead atoms. The van der Waals surface area contributed by atoms with Crippen LogP contribution in [0.15, 0.2) is 46.1 Å². The summed E-state index contributed by atoms with van der Waals surface area (Å²) in [5.41, 5.74) is 5.11. The van der Waals surface area contributed by atoms with Gasteiger partial charge in [-0.15, -0.1) is 24.0 Å². The maximum Gasteiger partial charge on any atom is 0.191 e. The van der Waals surface area contributed by atoms with Gasteiger partial charge in [0.1, 0.15) is 0 Å². The number of aromatic amines is 1. The molecule has 0 aliphatic rings. The Morgan fingerprint density at radius 1 is 1.21 bits per heavy atom. The number of nitrogens with zero attached hydrogens (tertiary/aromatic N) is 1. The second-order valence-electron chi connectivity index (χ2n) is 5.51. The molecule has 0 spiro atoms. The fourth-order valence-electron chi connectivity index (χ4n) is 2.76. The van der Waals surface area contributed by atoms with Crippen LogP contribution in [0, 0.1) is 6.92 Å². The Morgan fingerprint density at radius 3 is 2.79 bits per heavy atom. The molecular formula is C18H23IN4S. The highest BCUT2D eigenvalue weighted by Gasteiger charge is 2.07. The molecule has 3 N–H and O–H groups in total. The smallest absolute Gasteiger partial charge is 0.191 e. The van der Waals surface area contributed by atoms with Gasteiger partial charge in [-0.2, -0.15) is 11.3 Å². The number of para-hydroxylation sites is 1. The van der Waals surface area contributed by atoms with Crippen LogP contribution in [0.1, 0.15) is 16.8 Å². The van der Waals surface area contributed by atoms with Crippen molar-refractivity contribution in [3.63, 3.8) is 0 Å². The van der Waals surface area contributed by atoms with E-state index < -0.39 is 0 Å². The number of H-pyrrole nitrogens is 1. The van der Waals surface area contributed by atoms with Crippen molar-refractivity contribution in [1.82, 2.24) is 15.6 Å². The number of hydrogen-bond acceptors (Lipinski definition) is 2. The predicted molar refractivity (Wildman–Crippen MR) is 115 cm³/mol. The molecule has 4 nitrogen and oxygen atoms in total. The van der Waals surface area contributed by atoms with E-state index in [4.69, 9.17) is 0 Å². The summed E-state index contributed by atoms with van der Waals surface area (Å²) < 4.78 is 0. The standard InChI is InChI=1S/C18H22N4S.HI/c1-13-15(16-5-3-4-6-17(16)22-13)7-9-20-18(19-2)21-11-14-8-10-23-12-14;/h3-6,8,10,12,22H,7,9,11H2,1-2H3,(H2,19,20,21);1H. The normalized spacial score (nSPS) is 11.3. The summed E-state index contributed by atoms with van der Waals surface area (Å²) in [7, 11) is 1.81. The van der Waals surface area contributed by atoms with Crippen LogP contribution < -0.4 is 10.6 Å². The number of aromatic nitrogens is 1. The van der Waals surface area contributed by atoms with E-state index in [9.17, 15) is 0 Å². The molecule has 3 aromatic rings. The van der Waals surface area contributed by atoms with Crippen LogP contribution in [0.2, 0.25) is 0 Å². The van der Waals surface area contributed by atoms with E-state index in [2.05, 4.69) is 68.6 Å². The first-order valence-electron chi connectivity index (χ1n) is 7.79. The number of halogens is 1. The molecule has 128 valence electrons. The molecule has 6 heteroatoms. The lowest BCUT2D eigenvalue weighted by molar-refractivity contribution is 0.795. The van der Waals surface area contributed by atoms with Gasteiger partial charge in [0, 0.05) is 36.7 Å². The highest BCUT2D eigenvalue weighted by atomic mass is 127. The van der Waals surface area contributed by atoms with Gasteiger partial charge in [-0.05, 0) is 47.4 Å². The van der Waals surface area contributed by atoms with E-state index in [1.165, 1.54) is 27.7 Å². The van der Waals surface area contributed by atoms with Crippen LogP contribution >= 0.6 is 35.3 Å². The predicted octanol–water partition coefficient (Wildman–Crippen LogP) is 4.06. The lowest BCUT2D eigenvalue weighted by Gasteiger charge is -2.11. The third-order valence-corrected chi connectivity index (χ3v) is 4.69. The largest absolute Gasteiger partial charge is 0.358 e. The van der Waals surface area contributed by atoms with Crippen molar-refractivity contribution >= 4 is 52.2 Å². The number of thiophene rings is 1. The Bertz CT molecular complexity index is 793. The lowest BCUT2D eigenvalue weighted by atomic mass is 10.1. The van der Waals surface area contributed by atoms with E-state index in [0.29, 0.717) is 0 Å². The average molecular weight is 454 g/mol. The zero-order valence-corrected chi connectivity index (χ0v) is 17.1. The fraction of sp³-hybridized carbons (Fsp3) is 0.278. The third-order valence-electron chi connectivity index (χ3n) is 3.96. The highest BCUT2D eigenvalue weighted by molar-refractivity contribution is 14.0. The van der Waals surface area contributed by atoms with Crippen molar-refractivity contribution in [1.29, 1.82) is 0 Å². The second-order valence-corrected chi connectivity index (χ2v) is 6.29. The molecule has 0 fully saturated rings. The number of benzene rings is 1. The van der Waals surface area contributed by atoms with E-state index in [1.54, 1.807) is 18.4 Å². The molecule has 2 heterocycles. The molecule has 1 aromatic carbocycles. The Hall–Kier alpha value is -1.54. The molecular weight excluding hydrogens is 431 g/mol. The lowest BCUT2D eigenvalue weighted by Crippen LogP contribution is -2.37. The van der Waals surface area contributed by atoms with Gasteiger partial charge in [0.25, 0.3) is 0 Å². The summed E-state index contributed by atoms with van der Waals surface area (Å²) in [6.45, 7) is 3.79. The summed E-state index contributed by atoms with van der Waals surface area (Å²) in [5.74, 6) is 0.841. The number of fused-ring (bicyclic) bond motifs is 1. The number of nitrogens with one attached hydrogen (secondary N) is 3. The number of aryl methyl sites for hydroxylation is 1. The van der Waals surface area contributed by atoms with Gasteiger partial charge in [-0.25, -0.2) is 0 Å². The average Bonchev–Trinajstić information content (AvgIpc) is 3.18. The molecule has 0 unspecified atom stereocenters. The third kappa shape index (κ3) is 4.51. The molecule has 0 saturated heterocycles. The van der Waals surface area contributed by atoms with Gasteiger partial charge in [0.15, 0.2) is 5.96 Å². The van der Waals surface area contributed by atoms with Crippen LogP contribution in [-0.4, -0.2) is 24.5 Å². The van der Waals surface area contributed by atoms with Crippen molar-refractivity contribution in [2.75, 3.05) is 13.6 Å². The molecule has 0 radical (unpaired) electrons. The Labute approximate surface area is 163 Å². The number of hydrogen-bond donors (Lipinski definition) is 3. The molecule has 0 saturated carbocycles. The van der Waals surface area contributed by atoms with Crippen molar-refractivity contribution in [2.45, 2.75) is 19.9 Å². The van der Waals surface area contributed by atoms with Gasteiger partial charge in [0.2, 0.25) is 0 Å². The number of aliphatic imine (C=N–C) groups is 1. The van der Waals surface area contributed by atoms with Crippen molar-refractivity contribution in [3.8, 4) is 0 Å². The van der Waals surface area contributed by atoms with Gasteiger partial charge < -0.3 is 15.6 Å². The maximum atomic E-state index is 4.28. The first-order valence-corrected chi connectivity index (χ1v) is 8.74. The minimum absolute atomic E-state index is 0. The maximum absolute atomic E-state index is 4.28. The van der Waals surface area contributed by atoms with E-state index in [-0.39, 0.29) is 24.0 Å². The van der Waals surface area contributed by atoms with Crippen LogP contribution in [0.4, 0.5) is 0 Å².